The number of ether oxygens (including phenoxy) is 6. The predicted octanol–water partition coefficient (Wildman–Crippen LogP) is 0.766. The Hall–Kier alpha value is -1.27. The lowest BCUT2D eigenvalue weighted by molar-refractivity contribution is -0.131. The molecule has 44 heavy (non-hydrogen) atoms. The highest BCUT2D eigenvalue weighted by Crippen LogP contribution is 1.99. The molecule has 0 aliphatic carbocycles. The maximum absolute atomic E-state index is 9.25. The molecule has 0 bridgehead atoms. The summed E-state index contributed by atoms with van der Waals surface area (Å²) in [6.45, 7) is 21.3. The summed E-state index contributed by atoms with van der Waals surface area (Å²) in [5, 5.41) is 60.3. The second-order valence-corrected chi connectivity index (χ2v) is 10.5. The van der Waals surface area contributed by atoms with Crippen molar-refractivity contribution in [2.75, 3.05) is 59.5 Å². The third-order valence-electron chi connectivity index (χ3n) is 4.66. The normalized spacial score (nSPS) is 16.9. The van der Waals surface area contributed by atoms with E-state index in [1.807, 2.05) is 20.8 Å². The van der Waals surface area contributed by atoms with Crippen molar-refractivity contribution < 1.29 is 69.0 Å². The summed E-state index contributed by atoms with van der Waals surface area (Å²) in [6.07, 6.45) is -1.13. The average Bonchev–Trinajstić information content (AvgIpc) is 2.98. The Morgan fingerprint density at radius 1 is 0.500 bits per heavy atom. The first-order chi connectivity index (χ1) is 20.4. The molecular formula is C30H64O14. The van der Waals surface area contributed by atoms with E-state index < -0.39 is 24.3 Å². The molecule has 0 aromatic heterocycles. The Labute approximate surface area is 264 Å². The Kier molecular flexibility index (Phi) is 39.0. The van der Waals surface area contributed by atoms with Gasteiger partial charge in [-0.05, 0) is 62.3 Å². The van der Waals surface area contributed by atoms with Crippen LogP contribution in [0.1, 0.15) is 62.3 Å². The molecule has 0 saturated carbocycles. The van der Waals surface area contributed by atoms with Crippen molar-refractivity contribution in [1.29, 1.82) is 0 Å². The number of hydrogen-bond acceptors (Lipinski definition) is 13. The Morgan fingerprint density at radius 3 is 0.818 bits per heavy atom. The minimum Gasteiger partial charge on any atom is -0.478 e. The first kappa shape index (κ1) is 49.6. The molecule has 9 unspecified atom stereocenters. The van der Waals surface area contributed by atoms with Crippen LogP contribution in [0.2, 0.25) is 0 Å². The maximum atomic E-state index is 9.25. The molecule has 0 radical (unpaired) electrons. The van der Waals surface area contributed by atoms with Gasteiger partial charge in [-0.1, -0.05) is 6.58 Å². The van der Waals surface area contributed by atoms with Gasteiger partial charge in [-0.15, -0.1) is 0 Å². The van der Waals surface area contributed by atoms with E-state index in [0.717, 1.165) is 6.08 Å². The smallest absolute Gasteiger partial charge is 0.327 e. The number of aliphatic hydroxyl groups excluding tert-OH is 6. The number of carboxylic acid groups (broad SMARTS) is 1. The van der Waals surface area contributed by atoms with E-state index in [9.17, 15) is 4.79 Å². The second kappa shape index (κ2) is 34.6. The molecule has 0 amide bonds. The molecule has 268 valence electrons. The van der Waals surface area contributed by atoms with Crippen LogP contribution in [0, 0.1) is 0 Å². The van der Waals surface area contributed by atoms with Crippen molar-refractivity contribution in [2.24, 2.45) is 0 Å². The third kappa shape index (κ3) is 47.7. The van der Waals surface area contributed by atoms with E-state index in [4.69, 9.17) is 64.2 Å². The van der Waals surface area contributed by atoms with Gasteiger partial charge in [-0.2, -0.15) is 0 Å². The van der Waals surface area contributed by atoms with Gasteiger partial charge in [0.25, 0.3) is 0 Å². The molecule has 0 aromatic rings. The fourth-order valence-corrected chi connectivity index (χ4v) is 2.11. The van der Waals surface area contributed by atoms with E-state index in [1.54, 1.807) is 41.5 Å². The maximum Gasteiger partial charge on any atom is 0.327 e. The number of rotatable bonds is 22. The Balaban J connectivity index is -0.000000253. The fraction of sp³-hybridized carbons (Fsp3) is 0.900. The van der Waals surface area contributed by atoms with Gasteiger partial charge in [0.1, 0.15) is 0 Å². The van der Waals surface area contributed by atoms with Gasteiger partial charge in [-0.3, -0.25) is 0 Å². The largest absolute Gasteiger partial charge is 0.478 e. The summed E-state index contributed by atoms with van der Waals surface area (Å²) in [5.41, 5.74) is 0. The standard InChI is InChI=1S/3C9H20O4.C3H4O2/c3*1-7(11)5-12-9(3)6-13-8(2)4-10;1-2-3(4)5/h3*7-11H,4-6H2,1-3H3;2H,1H2,(H,4,5). The Morgan fingerprint density at radius 2 is 0.682 bits per heavy atom. The van der Waals surface area contributed by atoms with Crippen LogP contribution in [0.3, 0.4) is 0 Å². The van der Waals surface area contributed by atoms with Gasteiger partial charge < -0.3 is 64.2 Å². The highest BCUT2D eigenvalue weighted by molar-refractivity contribution is 5.78. The van der Waals surface area contributed by atoms with Crippen molar-refractivity contribution in [3.05, 3.63) is 12.7 Å². The fourth-order valence-electron chi connectivity index (χ4n) is 2.11. The summed E-state index contributed by atoms with van der Waals surface area (Å²) in [5.74, 6) is -0.981. The van der Waals surface area contributed by atoms with Crippen molar-refractivity contribution in [1.82, 2.24) is 0 Å². The van der Waals surface area contributed by atoms with Gasteiger partial charge in [0, 0.05) is 6.08 Å². The highest BCUT2D eigenvalue weighted by Gasteiger charge is 2.09. The Bertz CT molecular complexity index is 540. The van der Waals surface area contributed by atoms with Crippen LogP contribution in [0.15, 0.2) is 12.7 Å². The average molecular weight is 649 g/mol. The molecule has 0 saturated heterocycles. The molecule has 0 fully saturated rings. The van der Waals surface area contributed by atoms with E-state index >= 15 is 0 Å². The molecule has 0 heterocycles. The topological polar surface area (TPSA) is 214 Å². The predicted molar refractivity (Wildman–Crippen MR) is 167 cm³/mol. The first-order valence-electron chi connectivity index (χ1n) is 14.9. The number of carboxylic acids is 1. The van der Waals surface area contributed by atoms with E-state index in [2.05, 4.69) is 6.58 Å². The lowest BCUT2D eigenvalue weighted by atomic mass is 10.4. The third-order valence-corrected chi connectivity index (χ3v) is 4.66. The number of carbonyl (C=O) groups is 1. The molecule has 0 spiro atoms. The molecule has 14 nitrogen and oxygen atoms in total. The van der Waals surface area contributed by atoms with E-state index in [1.165, 1.54) is 0 Å². The van der Waals surface area contributed by atoms with Crippen molar-refractivity contribution in [3.63, 3.8) is 0 Å². The van der Waals surface area contributed by atoms with Crippen molar-refractivity contribution in [3.8, 4) is 0 Å². The molecule has 9 atom stereocenters. The first-order valence-corrected chi connectivity index (χ1v) is 14.9. The molecular weight excluding hydrogens is 584 g/mol. The van der Waals surface area contributed by atoms with Crippen LogP contribution in [-0.4, -0.2) is 156 Å². The summed E-state index contributed by atoms with van der Waals surface area (Å²) >= 11 is 0. The quantitative estimate of drug-likeness (QED) is 0.0808. The lowest BCUT2D eigenvalue weighted by Crippen LogP contribution is -2.24. The SMILES string of the molecule is C=CC(=O)O.CC(O)COC(C)COC(C)CO.CC(O)COC(C)COC(C)CO.CC(O)COC(C)COC(C)CO. The monoisotopic (exact) mass is 648 g/mol. The molecule has 7 N–H and O–H groups in total. The van der Waals surface area contributed by atoms with Gasteiger partial charge in [-0.25, -0.2) is 4.79 Å². The van der Waals surface area contributed by atoms with Crippen molar-refractivity contribution in [2.45, 2.75) is 117 Å². The van der Waals surface area contributed by atoms with E-state index in [0.29, 0.717) is 39.6 Å². The minimum atomic E-state index is -0.981. The summed E-state index contributed by atoms with van der Waals surface area (Å²) in [6, 6.07) is 0. The second-order valence-electron chi connectivity index (χ2n) is 10.5. The van der Waals surface area contributed by atoms with Crippen LogP contribution < -0.4 is 0 Å². The zero-order valence-corrected chi connectivity index (χ0v) is 28.3. The molecule has 0 aromatic carbocycles. The molecule has 0 aliphatic heterocycles. The van der Waals surface area contributed by atoms with Gasteiger partial charge in [0.15, 0.2) is 0 Å². The molecule has 0 aliphatic rings. The van der Waals surface area contributed by atoms with Crippen LogP contribution in [0.5, 0.6) is 0 Å². The zero-order chi connectivity index (χ0) is 35.1. The van der Waals surface area contributed by atoms with Crippen LogP contribution >= 0.6 is 0 Å². The van der Waals surface area contributed by atoms with Crippen LogP contribution in [-0.2, 0) is 33.2 Å². The summed E-state index contributed by atoms with van der Waals surface area (Å²) < 4.78 is 31.4. The van der Waals surface area contributed by atoms with Gasteiger partial charge >= 0.3 is 5.97 Å². The van der Waals surface area contributed by atoms with Gasteiger partial charge in [0.05, 0.1) is 114 Å². The van der Waals surface area contributed by atoms with E-state index in [-0.39, 0.29) is 56.4 Å². The summed E-state index contributed by atoms with van der Waals surface area (Å²) in [4.78, 5) is 9.25. The highest BCUT2D eigenvalue weighted by atomic mass is 16.6. The number of aliphatic carboxylic acids is 1. The summed E-state index contributed by atoms with van der Waals surface area (Å²) in [7, 11) is 0. The van der Waals surface area contributed by atoms with Crippen molar-refractivity contribution >= 4 is 5.97 Å². The van der Waals surface area contributed by atoms with Crippen LogP contribution in [0.25, 0.3) is 0 Å². The lowest BCUT2D eigenvalue weighted by Gasteiger charge is -2.16. The zero-order valence-electron chi connectivity index (χ0n) is 28.3. The number of hydrogen-bond donors (Lipinski definition) is 7. The van der Waals surface area contributed by atoms with Crippen LogP contribution in [0.4, 0.5) is 0 Å². The minimum absolute atomic E-state index is 0.0170. The molecule has 0 rings (SSSR count). The molecule has 14 heteroatoms. The number of aliphatic hydroxyl groups is 6. The van der Waals surface area contributed by atoms with Gasteiger partial charge in [0.2, 0.25) is 0 Å².